The lowest BCUT2D eigenvalue weighted by Gasteiger charge is -2.18. The molecule has 0 radical (unpaired) electrons. The zero-order chi connectivity index (χ0) is 23.1. The van der Waals surface area contributed by atoms with Crippen LogP contribution in [0, 0.1) is 6.92 Å². The number of urea groups is 1. The first-order valence-electron chi connectivity index (χ1n) is 10.8. The number of hydrogen-bond acceptors (Lipinski definition) is 6. The minimum atomic E-state index is -0.908. The maximum atomic E-state index is 12.9. The van der Waals surface area contributed by atoms with Crippen LogP contribution in [0.4, 0.5) is 10.5 Å². The third-order valence-corrected chi connectivity index (χ3v) is 4.83. The van der Waals surface area contributed by atoms with Gasteiger partial charge in [0.05, 0.1) is 25.4 Å². The molecule has 1 heterocycles. The van der Waals surface area contributed by atoms with Crippen LogP contribution in [-0.2, 0) is 9.59 Å². The molecule has 1 aliphatic rings. The average Bonchev–Trinajstić information content (AvgIpc) is 3.00. The summed E-state index contributed by atoms with van der Waals surface area (Å²) in [6.07, 6.45) is 1.61. The minimum absolute atomic E-state index is 0.0366. The summed E-state index contributed by atoms with van der Waals surface area (Å²) in [5.41, 5.74) is 1.19. The number of benzene rings is 2. The van der Waals surface area contributed by atoms with Gasteiger partial charge in [0.25, 0.3) is 0 Å². The molecule has 0 unspecified atom stereocenters. The molecule has 2 aromatic carbocycles. The van der Waals surface area contributed by atoms with Crippen LogP contribution >= 0.6 is 0 Å². The maximum Gasteiger partial charge on any atom is 0.339 e. The Hall–Kier alpha value is -3.55. The predicted octanol–water partition coefficient (Wildman–Crippen LogP) is 3.95. The first-order chi connectivity index (χ1) is 15.5. The van der Waals surface area contributed by atoms with Gasteiger partial charge in [-0.25, -0.2) is 9.69 Å². The van der Waals surface area contributed by atoms with Crippen molar-refractivity contribution in [1.29, 1.82) is 0 Å². The summed E-state index contributed by atoms with van der Waals surface area (Å²) in [7, 11) is 0. The van der Waals surface area contributed by atoms with E-state index in [0.29, 0.717) is 30.5 Å². The Morgan fingerprint density at radius 1 is 0.750 bits per heavy atom. The van der Waals surface area contributed by atoms with Crippen molar-refractivity contribution >= 4 is 23.5 Å². The molecule has 0 atom stereocenters. The van der Waals surface area contributed by atoms with Gasteiger partial charge in [-0.15, -0.1) is 0 Å². The third kappa shape index (κ3) is 5.01. The quantitative estimate of drug-likeness (QED) is 0.389. The summed E-state index contributed by atoms with van der Waals surface area (Å²) in [6, 6.07) is 11.5. The van der Waals surface area contributed by atoms with Crippen LogP contribution in [0.1, 0.15) is 32.3 Å². The molecule has 1 fully saturated rings. The van der Waals surface area contributed by atoms with Gasteiger partial charge in [0, 0.05) is 6.07 Å². The van der Waals surface area contributed by atoms with E-state index in [-0.39, 0.29) is 18.8 Å². The number of rotatable bonds is 11. The number of nitrogens with zero attached hydrogens (tertiary/aromatic N) is 2. The van der Waals surface area contributed by atoms with Gasteiger partial charge in [-0.05, 0) is 43.5 Å². The molecule has 3 rings (SSSR count). The number of anilines is 1. The van der Waals surface area contributed by atoms with E-state index in [1.807, 2.05) is 39.0 Å². The van der Waals surface area contributed by atoms with E-state index in [1.165, 1.54) is 0 Å². The molecular weight excluding hydrogens is 412 g/mol. The molecule has 0 aliphatic carbocycles. The highest BCUT2D eigenvalue weighted by atomic mass is 16.5. The molecule has 1 aliphatic heterocycles. The van der Waals surface area contributed by atoms with E-state index in [2.05, 4.69) is 0 Å². The zero-order valence-electron chi connectivity index (χ0n) is 18.6. The molecule has 0 N–H and O–H groups in total. The van der Waals surface area contributed by atoms with E-state index >= 15 is 0 Å². The Kier molecular flexibility index (Phi) is 7.70. The molecule has 32 heavy (non-hydrogen) atoms. The molecule has 1 saturated heterocycles. The Labute approximate surface area is 187 Å². The zero-order valence-corrected chi connectivity index (χ0v) is 18.6. The number of aryl methyl sites for hydroxylation is 1. The lowest BCUT2D eigenvalue weighted by Crippen LogP contribution is -2.36. The fourth-order valence-electron chi connectivity index (χ4n) is 3.19. The highest BCUT2D eigenvalue weighted by molar-refractivity contribution is 6.52. The van der Waals surface area contributed by atoms with E-state index in [4.69, 9.17) is 14.2 Å². The van der Waals surface area contributed by atoms with Crippen LogP contribution < -0.4 is 19.1 Å². The minimum Gasteiger partial charge on any atom is -0.491 e. The fourth-order valence-corrected chi connectivity index (χ4v) is 3.19. The highest BCUT2D eigenvalue weighted by Crippen LogP contribution is 2.34. The average molecular weight is 440 g/mol. The lowest BCUT2D eigenvalue weighted by molar-refractivity contribution is -0.139. The largest absolute Gasteiger partial charge is 0.491 e. The van der Waals surface area contributed by atoms with Crippen molar-refractivity contribution in [3.63, 3.8) is 0 Å². The summed E-state index contributed by atoms with van der Waals surface area (Å²) in [6.45, 7) is 6.87. The Morgan fingerprint density at radius 2 is 1.41 bits per heavy atom. The van der Waals surface area contributed by atoms with E-state index < -0.39 is 17.8 Å². The monoisotopic (exact) mass is 440 g/mol. The number of carbonyl (C=O) groups is 3. The predicted molar refractivity (Wildman–Crippen MR) is 119 cm³/mol. The number of hydrogen-bond donors (Lipinski definition) is 0. The highest BCUT2D eigenvalue weighted by Gasteiger charge is 2.45. The van der Waals surface area contributed by atoms with Crippen LogP contribution in [-0.4, -0.2) is 49.1 Å². The van der Waals surface area contributed by atoms with Gasteiger partial charge in [-0.2, -0.15) is 0 Å². The van der Waals surface area contributed by atoms with Crippen molar-refractivity contribution in [2.75, 3.05) is 31.3 Å². The van der Waals surface area contributed by atoms with Crippen molar-refractivity contribution in [2.24, 2.45) is 0 Å². The number of imide groups is 2. The van der Waals surface area contributed by atoms with Crippen molar-refractivity contribution in [2.45, 2.75) is 33.6 Å². The normalized spacial score (nSPS) is 13.7. The summed E-state index contributed by atoms with van der Waals surface area (Å²) >= 11 is 0. The molecule has 170 valence electrons. The smallest absolute Gasteiger partial charge is 0.339 e. The SMILES string of the molecule is CCCOc1ccc(N2C(=O)C(=O)N(CCOc3ccccc3C)C2=O)cc1OCCC. The first-order valence-corrected chi connectivity index (χ1v) is 10.8. The number of ether oxygens (including phenoxy) is 3. The Morgan fingerprint density at radius 3 is 2.09 bits per heavy atom. The molecule has 0 bridgehead atoms. The van der Waals surface area contributed by atoms with Crippen molar-refractivity contribution in [3.8, 4) is 17.2 Å². The van der Waals surface area contributed by atoms with Crippen molar-refractivity contribution in [1.82, 2.24) is 4.90 Å². The second-order valence-electron chi connectivity index (χ2n) is 7.32. The van der Waals surface area contributed by atoms with Crippen molar-refractivity contribution < 1.29 is 28.6 Å². The Balaban J connectivity index is 1.74. The number of carbonyl (C=O) groups excluding carboxylic acids is 3. The van der Waals surface area contributed by atoms with Crippen LogP contribution in [0.15, 0.2) is 42.5 Å². The van der Waals surface area contributed by atoms with E-state index in [1.54, 1.807) is 24.3 Å². The van der Waals surface area contributed by atoms with Gasteiger partial charge < -0.3 is 14.2 Å². The summed E-state index contributed by atoms with van der Waals surface area (Å²) in [5.74, 6) is -0.180. The summed E-state index contributed by atoms with van der Waals surface area (Å²) < 4.78 is 17.1. The first kappa shape index (κ1) is 23.1. The molecule has 0 aromatic heterocycles. The van der Waals surface area contributed by atoms with Gasteiger partial charge in [0.2, 0.25) is 0 Å². The molecule has 0 spiro atoms. The standard InChI is InChI=1S/C24H28N2O6/c1-4-13-30-20-11-10-18(16-21(20)31-14-5-2)26-23(28)22(27)25(24(26)29)12-15-32-19-9-7-6-8-17(19)3/h6-11,16H,4-5,12-15H2,1-3H3. The van der Waals surface area contributed by atoms with Gasteiger partial charge in [-0.1, -0.05) is 32.0 Å². The molecule has 0 saturated carbocycles. The van der Waals surface area contributed by atoms with Gasteiger partial charge >= 0.3 is 17.8 Å². The topological polar surface area (TPSA) is 85.4 Å². The molecule has 8 heteroatoms. The molecule has 8 nitrogen and oxygen atoms in total. The maximum absolute atomic E-state index is 12.9. The second kappa shape index (κ2) is 10.7. The molecular formula is C24H28N2O6. The molecule has 2 aromatic rings. The third-order valence-electron chi connectivity index (χ3n) is 4.83. The van der Waals surface area contributed by atoms with E-state index in [0.717, 1.165) is 28.2 Å². The Bertz CT molecular complexity index is 990. The molecule has 4 amide bonds. The van der Waals surface area contributed by atoms with Crippen LogP contribution in [0.25, 0.3) is 0 Å². The van der Waals surface area contributed by atoms with Crippen LogP contribution in [0.5, 0.6) is 17.2 Å². The summed E-state index contributed by atoms with van der Waals surface area (Å²) in [5, 5.41) is 0. The van der Waals surface area contributed by atoms with Gasteiger partial charge in [-0.3, -0.25) is 14.5 Å². The summed E-state index contributed by atoms with van der Waals surface area (Å²) in [4.78, 5) is 39.7. The number of amides is 4. The lowest BCUT2D eigenvalue weighted by atomic mass is 10.2. The second-order valence-corrected chi connectivity index (χ2v) is 7.32. The van der Waals surface area contributed by atoms with Gasteiger partial charge in [0.15, 0.2) is 11.5 Å². The van der Waals surface area contributed by atoms with Crippen LogP contribution in [0.3, 0.4) is 0 Å². The number of para-hydroxylation sites is 1. The van der Waals surface area contributed by atoms with E-state index in [9.17, 15) is 14.4 Å². The van der Waals surface area contributed by atoms with Crippen molar-refractivity contribution in [3.05, 3.63) is 48.0 Å². The fraction of sp³-hybridized carbons (Fsp3) is 0.375. The van der Waals surface area contributed by atoms with Crippen LogP contribution in [0.2, 0.25) is 0 Å². The van der Waals surface area contributed by atoms with Gasteiger partial charge in [0.1, 0.15) is 12.4 Å².